The number of methoxy groups -OCH3 is 1. The number of carbonyl (C=O) groups excluding carboxylic acids is 5. The van der Waals surface area contributed by atoms with Crippen LogP contribution >= 0.6 is 0 Å². The van der Waals surface area contributed by atoms with Crippen LogP contribution in [0.4, 0.5) is 17.1 Å². The van der Waals surface area contributed by atoms with Crippen LogP contribution in [0.5, 0.6) is 23.0 Å². The van der Waals surface area contributed by atoms with Crippen molar-refractivity contribution in [1.82, 2.24) is 19.6 Å². The average Bonchev–Trinajstić information content (AvgIpc) is 4.08. The van der Waals surface area contributed by atoms with Crippen molar-refractivity contribution in [2.75, 3.05) is 59.4 Å². The van der Waals surface area contributed by atoms with E-state index >= 15 is 0 Å². The molecule has 0 aromatic heterocycles. The standard InChI is InChI=1S/C58H63N7O9/c1-38-28-47-49(59-34-44-30-42(37-64(44)57(47)69)40-15-19-46(20-16-40)72-27-11-23-62(2)3)32-51(38)73-25-9-6-10-26-74-53-33-50-48(31-52(53)71-4)58(70)65-36-41(29-45(65)35-60-50)39-13-17-43(18-14-39)61-54(66)12-7-5-8-24-63-55(67)21-22-56(63)68/h13-22,28,31-37,44-45H,5-12,23-27,29-30H2,1-4H3,(H,61,66)/t44-,45-/m0/s1. The second-order valence-corrected chi connectivity index (χ2v) is 19.4. The number of aliphatic imine (C=N–C) groups is 2. The van der Waals surface area contributed by atoms with Crippen LogP contribution in [0.2, 0.25) is 0 Å². The fourth-order valence-electron chi connectivity index (χ4n) is 9.61. The van der Waals surface area contributed by atoms with Crippen molar-refractivity contribution < 1.29 is 42.9 Å². The Bertz CT molecular complexity index is 2920. The van der Waals surface area contributed by atoms with Gasteiger partial charge in [-0.15, -0.1) is 0 Å². The van der Waals surface area contributed by atoms with Gasteiger partial charge in [-0.25, -0.2) is 0 Å². The van der Waals surface area contributed by atoms with E-state index in [1.54, 1.807) is 35.3 Å². The number of nitrogens with one attached hydrogen (secondary N) is 1. The molecule has 9 rings (SSSR count). The number of amides is 5. The molecular formula is C58H63N7O9. The molecule has 5 heterocycles. The van der Waals surface area contributed by atoms with Crippen LogP contribution in [0.15, 0.2) is 107 Å². The van der Waals surface area contributed by atoms with E-state index in [1.807, 2.05) is 74.1 Å². The third-order valence-corrected chi connectivity index (χ3v) is 13.7. The predicted molar refractivity (Wildman–Crippen MR) is 285 cm³/mol. The summed E-state index contributed by atoms with van der Waals surface area (Å²) < 4.78 is 24.0. The first kappa shape index (κ1) is 51.1. The summed E-state index contributed by atoms with van der Waals surface area (Å²) in [6, 6.07) is 22.4. The highest BCUT2D eigenvalue weighted by atomic mass is 16.5. The average molecular weight is 1000 g/mol. The number of aryl methyl sites for hydroxylation is 1. The van der Waals surface area contributed by atoms with Gasteiger partial charge < -0.3 is 39.0 Å². The van der Waals surface area contributed by atoms with E-state index in [-0.39, 0.29) is 41.6 Å². The van der Waals surface area contributed by atoms with Crippen LogP contribution in [0.25, 0.3) is 11.1 Å². The third-order valence-electron chi connectivity index (χ3n) is 13.7. The van der Waals surface area contributed by atoms with Crippen LogP contribution in [0, 0.1) is 6.92 Å². The molecule has 2 atom stereocenters. The number of anilines is 1. The van der Waals surface area contributed by atoms with Gasteiger partial charge in [-0.1, -0.05) is 30.7 Å². The van der Waals surface area contributed by atoms with Gasteiger partial charge in [0.1, 0.15) is 11.5 Å². The number of carbonyl (C=O) groups is 5. The van der Waals surface area contributed by atoms with Gasteiger partial charge in [-0.2, -0.15) is 0 Å². The van der Waals surface area contributed by atoms with E-state index in [0.29, 0.717) is 104 Å². The summed E-state index contributed by atoms with van der Waals surface area (Å²) in [4.78, 5) is 80.3. The first-order valence-corrected chi connectivity index (χ1v) is 25.5. The smallest absolute Gasteiger partial charge is 0.260 e. The molecule has 5 aliphatic heterocycles. The number of fused-ring (bicyclic) bond motifs is 4. The Balaban J connectivity index is 0.710. The maximum atomic E-state index is 14.0. The summed E-state index contributed by atoms with van der Waals surface area (Å²) in [5, 5.41) is 2.94. The number of hydrogen-bond acceptors (Lipinski definition) is 12. The van der Waals surface area contributed by atoms with E-state index in [4.69, 9.17) is 28.9 Å². The van der Waals surface area contributed by atoms with Crippen LogP contribution in [-0.2, 0) is 14.4 Å². The minimum atomic E-state index is -0.290. The lowest BCUT2D eigenvalue weighted by Gasteiger charge is -2.19. The summed E-state index contributed by atoms with van der Waals surface area (Å²) in [7, 11) is 5.66. The van der Waals surface area contributed by atoms with Gasteiger partial charge >= 0.3 is 0 Å². The Morgan fingerprint density at radius 2 is 1.20 bits per heavy atom. The van der Waals surface area contributed by atoms with Crippen molar-refractivity contribution in [3.63, 3.8) is 0 Å². The fourth-order valence-corrected chi connectivity index (χ4v) is 9.61. The molecule has 0 radical (unpaired) electrons. The molecule has 1 N–H and O–H groups in total. The molecule has 0 spiro atoms. The number of benzene rings is 4. The van der Waals surface area contributed by atoms with Gasteiger partial charge in [0, 0.05) is 87.2 Å². The molecule has 0 bridgehead atoms. The normalized spacial score (nSPS) is 17.4. The van der Waals surface area contributed by atoms with E-state index in [9.17, 15) is 24.0 Å². The minimum absolute atomic E-state index is 0.0798. The first-order chi connectivity index (χ1) is 35.9. The van der Waals surface area contributed by atoms with Crippen LogP contribution in [0.1, 0.15) is 102 Å². The lowest BCUT2D eigenvalue weighted by molar-refractivity contribution is -0.136. The van der Waals surface area contributed by atoms with Gasteiger partial charge in [0.2, 0.25) is 5.91 Å². The summed E-state index contributed by atoms with van der Waals surface area (Å²) >= 11 is 0. The fraction of sp³-hybridized carbons (Fsp3) is 0.362. The molecule has 384 valence electrons. The number of imide groups is 1. The second-order valence-electron chi connectivity index (χ2n) is 19.4. The lowest BCUT2D eigenvalue weighted by Crippen LogP contribution is -2.32. The van der Waals surface area contributed by atoms with Crippen molar-refractivity contribution in [1.29, 1.82) is 0 Å². The summed E-state index contributed by atoms with van der Waals surface area (Å²) in [6.07, 6.45) is 17.0. The van der Waals surface area contributed by atoms with Crippen molar-refractivity contribution in [3.8, 4) is 23.0 Å². The number of nitrogens with zero attached hydrogens (tertiary/aromatic N) is 6. The predicted octanol–water partition coefficient (Wildman–Crippen LogP) is 9.33. The zero-order chi connectivity index (χ0) is 51.7. The zero-order valence-electron chi connectivity index (χ0n) is 42.5. The van der Waals surface area contributed by atoms with Gasteiger partial charge in [-0.05, 0) is 124 Å². The van der Waals surface area contributed by atoms with Gasteiger partial charge in [0.15, 0.2) is 11.5 Å². The molecule has 5 amide bonds. The molecule has 0 saturated heterocycles. The number of hydrogen-bond donors (Lipinski definition) is 1. The van der Waals surface area contributed by atoms with Gasteiger partial charge in [0.25, 0.3) is 23.6 Å². The van der Waals surface area contributed by atoms with E-state index in [1.165, 1.54) is 17.1 Å². The van der Waals surface area contributed by atoms with Crippen LogP contribution < -0.4 is 24.3 Å². The monoisotopic (exact) mass is 1000 g/mol. The number of unbranched alkanes of at least 4 members (excludes halogenated alkanes) is 4. The first-order valence-electron chi connectivity index (χ1n) is 25.5. The van der Waals surface area contributed by atoms with Crippen LogP contribution in [-0.4, -0.2) is 128 Å². The Morgan fingerprint density at radius 1 is 0.649 bits per heavy atom. The number of rotatable bonds is 23. The minimum Gasteiger partial charge on any atom is -0.494 e. The molecule has 16 nitrogen and oxygen atoms in total. The highest BCUT2D eigenvalue weighted by Gasteiger charge is 2.35. The van der Waals surface area contributed by atoms with Crippen LogP contribution in [0.3, 0.4) is 0 Å². The van der Waals surface area contributed by atoms with E-state index in [0.717, 1.165) is 72.2 Å². The maximum absolute atomic E-state index is 14.0. The third kappa shape index (κ3) is 12.0. The highest BCUT2D eigenvalue weighted by Crippen LogP contribution is 2.41. The summed E-state index contributed by atoms with van der Waals surface area (Å²) in [5.41, 5.74) is 7.68. The molecule has 4 aromatic rings. The quantitative estimate of drug-likeness (QED) is 0.0558. The van der Waals surface area contributed by atoms with Crippen molar-refractivity contribution in [2.24, 2.45) is 9.98 Å². The largest absolute Gasteiger partial charge is 0.494 e. The molecule has 0 unspecified atom stereocenters. The molecule has 5 aliphatic rings. The topological polar surface area (TPSA) is 172 Å². The number of ether oxygens (including phenoxy) is 4. The molecular weight excluding hydrogens is 939 g/mol. The molecule has 0 aliphatic carbocycles. The molecule has 0 fully saturated rings. The maximum Gasteiger partial charge on any atom is 0.260 e. The summed E-state index contributed by atoms with van der Waals surface area (Å²) in [6.45, 7) is 4.86. The van der Waals surface area contributed by atoms with Gasteiger partial charge in [0.05, 0.1) is 61.5 Å². The molecule has 4 aromatic carbocycles. The highest BCUT2D eigenvalue weighted by molar-refractivity contribution is 6.13. The molecule has 74 heavy (non-hydrogen) atoms. The molecule has 16 heteroatoms. The zero-order valence-corrected chi connectivity index (χ0v) is 42.5. The van der Waals surface area contributed by atoms with Gasteiger partial charge in [-0.3, -0.25) is 38.9 Å². The van der Waals surface area contributed by atoms with Crippen molar-refractivity contribution >= 4 is 70.2 Å². The summed E-state index contributed by atoms with van der Waals surface area (Å²) in [5.74, 6) is 1.54. The Morgan fingerprint density at radius 3 is 1.81 bits per heavy atom. The van der Waals surface area contributed by atoms with E-state index < -0.39 is 0 Å². The molecule has 0 saturated carbocycles. The lowest BCUT2D eigenvalue weighted by atomic mass is 10.0. The van der Waals surface area contributed by atoms with Crippen molar-refractivity contribution in [2.45, 2.75) is 83.2 Å². The second kappa shape index (κ2) is 23.4. The SMILES string of the molecule is COc1cc2c(cc1OCCCCCOc1cc3c(cc1C)C(=O)N1C=C(c4ccc(OCCCN(C)C)cc4)C[C@H]1C=N3)N=C[C@@H]1CC(c3ccc(NC(=O)CCCCCN4C(=O)C=CC4=O)cc3)=CN1C2=O. The van der Waals surface area contributed by atoms with E-state index in [2.05, 4.69) is 36.4 Å². The Kier molecular flexibility index (Phi) is 16.1. The Labute approximate surface area is 432 Å². The van der Waals surface area contributed by atoms with Crippen molar-refractivity contribution in [3.05, 3.63) is 125 Å². The Hall–Kier alpha value is -7.85.